The van der Waals surface area contributed by atoms with Gasteiger partial charge in [0.2, 0.25) is 0 Å². The van der Waals surface area contributed by atoms with Gasteiger partial charge in [-0.05, 0) is 35.1 Å². The second kappa shape index (κ2) is 6.20. The van der Waals surface area contributed by atoms with Crippen molar-refractivity contribution in [2.45, 2.75) is 26.2 Å². The van der Waals surface area contributed by atoms with Crippen LogP contribution < -0.4 is 0 Å². The number of benzene rings is 2. The minimum Gasteiger partial charge on any atom is -0.0906 e. The van der Waals surface area contributed by atoms with E-state index < -0.39 is 0 Å². The highest BCUT2D eigenvalue weighted by atomic mass is 14.1. The molecule has 0 aromatic heterocycles. The Morgan fingerprint density at radius 1 is 0.889 bits per heavy atom. The maximum Gasteiger partial charge on any atom is -0.0183 e. The first kappa shape index (κ1) is 12.6. The summed E-state index contributed by atoms with van der Waals surface area (Å²) in [6.07, 6.45) is 3.69. The zero-order chi connectivity index (χ0) is 12.8. The van der Waals surface area contributed by atoms with Crippen molar-refractivity contribution in [3.05, 3.63) is 77.9 Å². The van der Waals surface area contributed by atoms with E-state index in [-0.39, 0.29) is 0 Å². The first-order valence-corrected chi connectivity index (χ1v) is 6.65. The summed E-state index contributed by atoms with van der Waals surface area (Å²) in [7, 11) is 0. The molecule has 0 aliphatic heterocycles. The molecule has 2 aromatic carbocycles. The Balaban J connectivity index is 2.12. The molecule has 0 amide bonds. The fourth-order valence-corrected chi connectivity index (χ4v) is 2.06. The van der Waals surface area contributed by atoms with Crippen molar-refractivity contribution >= 4 is 5.57 Å². The molecule has 0 fully saturated rings. The van der Waals surface area contributed by atoms with E-state index in [0.29, 0.717) is 0 Å². The topological polar surface area (TPSA) is 0 Å². The van der Waals surface area contributed by atoms with Crippen LogP contribution in [-0.2, 0) is 6.42 Å². The van der Waals surface area contributed by atoms with Crippen molar-refractivity contribution in [1.82, 2.24) is 0 Å². The molecule has 0 N–H and O–H groups in total. The highest BCUT2D eigenvalue weighted by Gasteiger charge is 2.01. The van der Waals surface area contributed by atoms with Gasteiger partial charge in [-0.3, -0.25) is 0 Å². The monoisotopic (exact) mass is 236 g/mol. The van der Waals surface area contributed by atoms with Crippen molar-refractivity contribution in [1.29, 1.82) is 0 Å². The summed E-state index contributed by atoms with van der Waals surface area (Å²) >= 11 is 0. The molecule has 2 aromatic rings. The summed E-state index contributed by atoms with van der Waals surface area (Å²) in [5.41, 5.74) is 4.92. The summed E-state index contributed by atoms with van der Waals surface area (Å²) in [6, 6.07) is 19.1. The van der Waals surface area contributed by atoms with E-state index in [9.17, 15) is 0 Å². The van der Waals surface area contributed by atoms with Crippen LogP contribution in [-0.4, -0.2) is 0 Å². The van der Waals surface area contributed by atoms with Gasteiger partial charge in [0, 0.05) is 0 Å². The minimum absolute atomic E-state index is 1.10. The van der Waals surface area contributed by atoms with Crippen LogP contribution in [0.5, 0.6) is 0 Å². The van der Waals surface area contributed by atoms with Gasteiger partial charge in [0.25, 0.3) is 0 Å². The Morgan fingerprint density at radius 2 is 1.50 bits per heavy atom. The number of hydrogen-bond donors (Lipinski definition) is 0. The lowest BCUT2D eigenvalue weighted by Gasteiger charge is -2.07. The standard InChI is InChI=1S/C18H20/c1-3-4-8-16-11-13-18(14-12-16)15(2)17-9-6-5-7-10-17/h5-7,9-14H,2-4,8H2,1H3. The number of unbranched alkanes of at least 4 members (excludes halogenated alkanes) is 1. The molecule has 0 nitrogen and oxygen atoms in total. The lowest BCUT2D eigenvalue weighted by molar-refractivity contribution is 0.795. The Morgan fingerprint density at radius 3 is 2.11 bits per heavy atom. The second-order valence-electron chi connectivity index (χ2n) is 4.65. The summed E-state index contributed by atoms with van der Waals surface area (Å²) in [5, 5.41) is 0. The minimum atomic E-state index is 1.10. The van der Waals surface area contributed by atoms with Gasteiger partial charge >= 0.3 is 0 Å². The number of aryl methyl sites for hydroxylation is 1. The molecule has 0 spiro atoms. The van der Waals surface area contributed by atoms with Crippen LogP contribution in [0, 0.1) is 0 Å². The van der Waals surface area contributed by atoms with Crippen molar-refractivity contribution in [2.75, 3.05) is 0 Å². The maximum atomic E-state index is 4.19. The van der Waals surface area contributed by atoms with Crippen LogP contribution in [0.3, 0.4) is 0 Å². The molecule has 0 saturated carbocycles. The maximum absolute atomic E-state index is 4.19. The molecule has 0 heterocycles. The molecule has 0 heteroatoms. The normalized spacial score (nSPS) is 10.3. The van der Waals surface area contributed by atoms with Crippen LogP contribution in [0.4, 0.5) is 0 Å². The predicted octanol–water partition coefficient (Wildman–Crippen LogP) is 5.09. The Bertz CT molecular complexity index is 491. The lowest BCUT2D eigenvalue weighted by Crippen LogP contribution is -1.88. The van der Waals surface area contributed by atoms with Crippen LogP contribution in [0.25, 0.3) is 5.57 Å². The SMILES string of the molecule is C=C(c1ccccc1)c1ccc(CCCC)cc1. The summed E-state index contributed by atoms with van der Waals surface area (Å²) < 4.78 is 0. The van der Waals surface area contributed by atoms with Crippen LogP contribution in [0.2, 0.25) is 0 Å². The van der Waals surface area contributed by atoms with Crippen LogP contribution >= 0.6 is 0 Å². The average Bonchev–Trinajstić information content (AvgIpc) is 2.46. The average molecular weight is 236 g/mol. The zero-order valence-electron chi connectivity index (χ0n) is 11.0. The molecule has 0 unspecified atom stereocenters. The third-order valence-corrected chi connectivity index (χ3v) is 3.24. The summed E-state index contributed by atoms with van der Waals surface area (Å²) in [5.74, 6) is 0. The molecule has 0 saturated heterocycles. The lowest BCUT2D eigenvalue weighted by atomic mass is 9.98. The first-order chi connectivity index (χ1) is 8.81. The van der Waals surface area contributed by atoms with Gasteiger partial charge < -0.3 is 0 Å². The quantitative estimate of drug-likeness (QED) is 0.678. The predicted molar refractivity (Wildman–Crippen MR) is 79.6 cm³/mol. The summed E-state index contributed by atoms with van der Waals surface area (Å²) in [6.45, 7) is 6.41. The Labute approximate surface area is 110 Å². The fourth-order valence-electron chi connectivity index (χ4n) is 2.06. The zero-order valence-corrected chi connectivity index (χ0v) is 11.0. The van der Waals surface area contributed by atoms with E-state index in [0.717, 1.165) is 5.57 Å². The van der Waals surface area contributed by atoms with Gasteiger partial charge in [0.15, 0.2) is 0 Å². The molecule has 0 radical (unpaired) electrons. The van der Waals surface area contributed by atoms with Gasteiger partial charge in [-0.2, -0.15) is 0 Å². The molecular weight excluding hydrogens is 216 g/mol. The van der Waals surface area contributed by atoms with Crippen molar-refractivity contribution in [3.8, 4) is 0 Å². The third kappa shape index (κ3) is 3.10. The molecule has 18 heavy (non-hydrogen) atoms. The number of hydrogen-bond acceptors (Lipinski definition) is 0. The smallest absolute Gasteiger partial charge is 0.0183 e. The molecule has 0 aliphatic rings. The largest absolute Gasteiger partial charge is 0.0906 e. The summed E-state index contributed by atoms with van der Waals surface area (Å²) in [4.78, 5) is 0. The molecule has 0 bridgehead atoms. The van der Waals surface area contributed by atoms with Crippen molar-refractivity contribution < 1.29 is 0 Å². The highest BCUT2D eigenvalue weighted by molar-refractivity contribution is 5.77. The van der Waals surface area contributed by atoms with Gasteiger partial charge in [-0.15, -0.1) is 0 Å². The molecule has 2 rings (SSSR count). The van der Waals surface area contributed by atoms with Crippen LogP contribution in [0.15, 0.2) is 61.2 Å². The van der Waals surface area contributed by atoms with Crippen LogP contribution in [0.1, 0.15) is 36.5 Å². The van der Waals surface area contributed by atoms with E-state index in [4.69, 9.17) is 0 Å². The van der Waals surface area contributed by atoms with Gasteiger partial charge in [-0.25, -0.2) is 0 Å². The molecule has 92 valence electrons. The second-order valence-corrected chi connectivity index (χ2v) is 4.65. The first-order valence-electron chi connectivity index (χ1n) is 6.65. The highest BCUT2D eigenvalue weighted by Crippen LogP contribution is 2.21. The van der Waals surface area contributed by atoms with Crippen molar-refractivity contribution in [2.24, 2.45) is 0 Å². The molecule has 0 aliphatic carbocycles. The van der Waals surface area contributed by atoms with E-state index in [2.05, 4.69) is 62.0 Å². The Kier molecular flexibility index (Phi) is 4.35. The molecule has 0 atom stereocenters. The van der Waals surface area contributed by atoms with E-state index >= 15 is 0 Å². The number of rotatable bonds is 5. The fraction of sp³-hybridized carbons (Fsp3) is 0.222. The third-order valence-electron chi connectivity index (χ3n) is 3.24. The van der Waals surface area contributed by atoms with E-state index in [1.807, 2.05) is 6.07 Å². The molecular formula is C18H20. The van der Waals surface area contributed by atoms with Gasteiger partial charge in [0.1, 0.15) is 0 Å². The van der Waals surface area contributed by atoms with E-state index in [1.54, 1.807) is 0 Å². The van der Waals surface area contributed by atoms with Gasteiger partial charge in [0.05, 0.1) is 0 Å². The Hall–Kier alpha value is -1.82. The van der Waals surface area contributed by atoms with Crippen molar-refractivity contribution in [3.63, 3.8) is 0 Å². The van der Waals surface area contributed by atoms with E-state index in [1.165, 1.54) is 36.0 Å². The van der Waals surface area contributed by atoms with Gasteiger partial charge in [-0.1, -0.05) is 74.5 Å².